The fourth-order valence-corrected chi connectivity index (χ4v) is 1.66. The molecular formula is C13H21N3O. The van der Waals surface area contributed by atoms with Crippen LogP contribution in [0.2, 0.25) is 0 Å². The standard InChI is InChI=1S/C13H21N3O/c1-10-5-4-6-11(9-10)12(13(14)17)15-7-8-16(2)3/h4-6,9,12,15H,7-8H2,1-3H3,(H2,14,17). The number of amides is 1. The van der Waals surface area contributed by atoms with Crippen molar-refractivity contribution in [1.29, 1.82) is 0 Å². The summed E-state index contributed by atoms with van der Waals surface area (Å²) < 4.78 is 0. The van der Waals surface area contributed by atoms with Crippen molar-refractivity contribution in [2.45, 2.75) is 13.0 Å². The Morgan fingerprint density at radius 1 is 1.47 bits per heavy atom. The monoisotopic (exact) mass is 235 g/mol. The first kappa shape index (κ1) is 13.7. The fraction of sp³-hybridized carbons (Fsp3) is 0.462. The van der Waals surface area contributed by atoms with E-state index in [9.17, 15) is 4.79 Å². The van der Waals surface area contributed by atoms with Gasteiger partial charge in [0.05, 0.1) is 0 Å². The van der Waals surface area contributed by atoms with Crippen molar-refractivity contribution in [2.75, 3.05) is 27.2 Å². The van der Waals surface area contributed by atoms with E-state index in [4.69, 9.17) is 5.73 Å². The highest BCUT2D eigenvalue weighted by Crippen LogP contribution is 2.13. The van der Waals surface area contributed by atoms with Gasteiger partial charge in [0.1, 0.15) is 6.04 Å². The van der Waals surface area contributed by atoms with Crippen LogP contribution in [0, 0.1) is 6.92 Å². The number of nitrogens with zero attached hydrogens (tertiary/aromatic N) is 1. The first-order valence-corrected chi connectivity index (χ1v) is 5.74. The number of nitrogens with two attached hydrogens (primary N) is 1. The predicted octanol–water partition coefficient (Wildman–Crippen LogP) is 0.673. The first-order chi connectivity index (χ1) is 8.00. The molecule has 1 unspecified atom stereocenters. The van der Waals surface area contributed by atoms with Gasteiger partial charge in [-0.05, 0) is 26.6 Å². The minimum Gasteiger partial charge on any atom is -0.368 e. The lowest BCUT2D eigenvalue weighted by atomic mass is 10.0. The van der Waals surface area contributed by atoms with E-state index < -0.39 is 6.04 Å². The van der Waals surface area contributed by atoms with Gasteiger partial charge in [0.25, 0.3) is 0 Å². The third-order valence-corrected chi connectivity index (χ3v) is 2.57. The molecule has 1 atom stereocenters. The van der Waals surface area contributed by atoms with Crippen LogP contribution < -0.4 is 11.1 Å². The Bertz CT molecular complexity index is 377. The largest absolute Gasteiger partial charge is 0.368 e. The van der Waals surface area contributed by atoms with Crippen LogP contribution in [0.3, 0.4) is 0 Å². The number of carbonyl (C=O) groups is 1. The molecule has 0 fully saturated rings. The van der Waals surface area contributed by atoms with Gasteiger partial charge in [-0.3, -0.25) is 4.79 Å². The van der Waals surface area contributed by atoms with E-state index in [-0.39, 0.29) is 5.91 Å². The van der Waals surface area contributed by atoms with E-state index in [2.05, 4.69) is 10.2 Å². The molecule has 0 aliphatic carbocycles. The van der Waals surface area contributed by atoms with E-state index in [0.717, 1.165) is 24.2 Å². The van der Waals surface area contributed by atoms with Crippen LogP contribution in [0.25, 0.3) is 0 Å². The molecule has 94 valence electrons. The third kappa shape index (κ3) is 4.54. The Morgan fingerprint density at radius 3 is 2.71 bits per heavy atom. The lowest BCUT2D eigenvalue weighted by Gasteiger charge is -2.18. The molecule has 0 saturated heterocycles. The highest BCUT2D eigenvalue weighted by atomic mass is 16.1. The third-order valence-electron chi connectivity index (χ3n) is 2.57. The van der Waals surface area contributed by atoms with E-state index in [1.165, 1.54) is 0 Å². The molecule has 0 aliphatic heterocycles. The molecular weight excluding hydrogens is 214 g/mol. The van der Waals surface area contributed by atoms with Gasteiger partial charge in [0.15, 0.2) is 0 Å². The van der Waals surface area contributed by atoms with Crippen LogP contribution in [0.5, 0.6) is 0 Å². The molecule has 1 rings (SSSR count). The molecule has 4 heteroatoms. The highest BCUT2D eigenvalue weighted by molar-refractivity contribution is 5.81. The zero-order valence-corrected chi connectivity index (χ0v) is 10.7. The fourth-order valence-electron chi connectivity index (χ4n) is 1.66. The van der Waals surface area contributed by atoms with Crippen LogP contribution in [0.4, 0.5) is 0 Å². The van der Waals surface area contributed by atoms with E-state index in [1.807, 2.05) is 45.3 Å². The summed E-state index contributed by atoms with van der Waals surface area (Å²) in [6, 6.07) is 7.44. The maximum absolute atomic E-state index is 11.4. The second kappa shape index (κ2) is 6.37. The van der Waals surface area contributed by atoms with Gasteiger partial charge in [-0.25, -0.2) is 0 Å². The molecule has 1 aromatic rings. The highest BCUT2D eigenvalue weighted by Gasteiger charge is 2.16. The molecule has 0 aliphatic rings. The summed E-state index contributed by atoms with van der Waals surface area (Å²) in [5.74, 6) is -0.339. The van der Waals surface area contributed by atoms with Crippen molar-refractivity contribution in [3.63, 3.8) is 0 Å². The van der Waals surface area contributed by atoms with Gasteiger partial charge in [0, 0.05) is 13.1 Å². The molecule has 4 nitrogen and oxygen atoms in total. The Balaban J connectivity index is 2.69. The second-order valence-corrected chi connectivity index (χ2v) is 4.51. The molecule has 1 amide bonds. The average molecular weight is 235 g/mol. The van der Waals surface area contributed by atoms with Crippen molar-refractivity contribution in [1.82, 2.24) is 10.2 Å². The zero-order valence-electron chi connectivity index (χ0n) is 10.7. The van der Waals surface area contributed by atoms with Crippen molar-refractivity contribution in [3.8, 4) is 0 Å². The number of aryl methyl sites for hydroxylation is 1. The number of carbonyl (C=O) groups excluding carboxylic acids is 1. The molecule has 0 radical (unpaired) electrons. The topological polar surface area (TPSA) is 58.4 Å². The van der Waals surface area contributed by atoms with Gasteiger partial charge in [0.2, 0.25) is 5.91 Å². The molecule has 0 heterocycles. The predicted molar refractivity (Wildman–Crippen MR) is 69.7 cm³/mol. The van der Waals surface area contributed by atoms with Gasteiger partial charge in [-0.2, -0.15) is 0 Å². The Morgan fingerprint density at radius 2 is 2.18 bits per heavy atom. The van der Waals surface area contributed by atoms with Crippen molar-refractivity contribution in [2.24, 2.45) is 5.73 Å². The molecule has 0 saturated carbocycles. The van der Waals surface area contributed by atoms with Crippen LogP contribution in [-0.2, 0) is 4.79 Å². The summed E-state index contributed by atoms with van der Waals surface area (Å²) in [5.41, 5.74) is 7.48. The van der Waals surface area contributed by atoms with Crippen LogP contribution >= 0.6 is 0 Å². The summed E-state index contributed by atoms with van der Waals surface area (Å²) >= 11 is 0. The number of primary amides is 1. The van der Waals surface area contributed by atoms with Gasteiger partial charge < -0.3 is 16.0 Å². The van der Waals surface area contributed by atoms with Crippen LogP contribution in [0.1, 0.15) is 17.2 Å². The van der Waals surface area contributed by atoms with Crippen LogP contribution in [0.15, 0.2) is 24.3 Å². The molecule has 3 N–H and O–H groups in total. The summed E-state index contributed by atoms with van der Waals surface area (Å²) in [6.45, 7) is 3.60. The molecule has 0 aromatic heterocycles. The minimum atomic E-state index is -0.408. The zero-order chi connectivity index (χ0) is 12.8. The SMILES string of the molecule is Cc1cccc(C(NCCN(C)C)C(N)=O)c1. The van der Waals surface area contributed by atoms with E-state index in [1.54, 1.807) is 0 Å². The summed E-state index contributed by atoms with van der Waals surface area (Å²) in [4.78, 5) is 13.5. The summed E-state index contributed by atoms with van der Waals surface area (Å²) in [6.07, 6.45) is 0. The van der Waals surface area contributed by atoms with Gasteiger partial charge >= 0.3 is 0 Å². The van der Waals surface area contributed by atoms with Gasteiger partial charge in [-0.1, -0.05) is 29.8 Å². The maximum Gasteiger partial charge on any atom is 0.239 e. The Kier molecular flexibility index (Phi) is 5.12. The lowest BCUT2D eigenvalue weighted by molar-refractivity contribution is -0.120. The normalized spacial score (nSPS) is 12.7. The van der Waals surface area contributed by atoms with E-state index in [0.29, 0.717) is 0 Å². The molecule has 0 bridgehead atoms. The molecule has 17 heavy (non-hydrogen) atoms. The van der Waals surface area contributed by atoms with Crippen molar-refractivity contribution < 1.29 is 4.79 Å². The van der Waals surface area contributed by atoms with Crippen molar-refractivity contribution in [3.05, 3.63) is 35.4 Å². The summed E-state index contributed by atoms with van der Waals surface area (Å²) in [7, 11) is 3.99. The Hall–Kier alpha value is -1.39. The molecule has 0 spiro atoms. The number of rotatable bonds is 6. The van der Waals surface area contributed by atoms with Gasteiger partial charge in [-0.15, -0.1) is 0 Å². The van der Waals surface area contributed by atoms with Crippen molar-refractivity contribution >= 4 is 5.91 Å². The second-order valence-electron chi connectivity index (χ2n) is 4.51. The number of hydrogen-bond acceptors (Lipinski definition) is 3. The number of likely N-dealkylation sites (N-methyl/N-ethyl adjacent to an activating group) is 1. The Labute approximate surface area is 103 Å². The quantitative estimate of drug-likeness (QED) is 0.762. The number of nitrogens with one attached hydrogen (secondary N) is 1. The smallest absolute Gasteiger partial charge is 0.239 e. The maximum atomic E-state index is 11.4. The number of hydrogen-bond donors (Lipinski definition) is 2. The lowest BCUT2D eigenvalue weighted by Crippen LogP contribution is -2.37. The minimum absolute atomic E-state index is 0.339. The molecule has 1 aromatic carbocycles. The average Bonchev–Trinajstić information content (AvgIpc) is 2.23. The van der Waals surface area contributed by atoms with Crippen LogP contribution in [-0.4, -0.2) is 38.0 Å². The summed E-state index contributed by atoms with van der Waals surface area (Å²) in [5, 5.41) is 3.18. The number of benzene rings is 1. The van der Waals surface area contributed by atoms with E-state index >= 15 is 0 Å². The first-order valence-electron chi connectivity index (χ1n) is 5.74.